The van der Waals surface area contributed by atoms with Gasteiger partial charge in [0.05, 0.1) is 0 Å². The van der Waals surface area contributed by atoms with E-state index in [2.05, 4.69) is 22.9 Å². The molecule has 1 aromatic heterocycles. The molecule has 0 radical (unpaired) electrons. The summed E-state index contributed by atoms with van der Waals surface area (Å²) in [6.07, 6.45) is 1.72. The van der Waals surface area contributed by atoms with Gasteiger partial charge in [-0.15, -0.1) is 0 Å². The van der Waals surface area contributed by atoms with Crippen molar-refractivity contribution in [3.63, 3.8) is 0 Å². The molecule has 1 aliphatic heterocycles. The SMILES string of the molecule is CC1CN(Cc2ccnc(C#N)c2)CCS1. The molecule has 84 valence electrons. The monoisotopic (exact) mass is 233 g/mol. The number of pyridine rings is 1. The first-order valence-electron chi connectivity index (χ1n) is 5.47. The quantitative estimate of drug-likeness (QED) is 0.782. The standard InChI is InChI=1S/C12H15N3S/c1-10-8-15(4-5-16-10)9-11-2-3-14-12(6-11)7-13/h2-3,6,10H,4-5,8-9H2,1H3. The Morgan fingerprint density at radius 3 is 3.31 bits per heavy atom. The summed E-state index contributed by atoms with van der Waals surface area (Å²) < 4.78 is 0. The summed E-state index contributed by atoms with van der Waals surface area (Å²) >= 11 is 2.03. The molecule has 1 unspecified atom stereocenters. The first-order valence-corrected chi connectivity index (χ1v) is 6.52. The smallest absolute Gasteiger partial charge is 0.140 e. The van der Waals surface area contributed by atoms with E-state index in [1.807, 2.05) is 23.9 Å². The van der Waals surface area contributed by atoms with Crippen LogP contribution in [0.3, 0.4) is 0 Å². The molecule has 0 amide bonds. The molecule has 0 aromatic carbocycles. The van der Waals surface area contributed by atoms with Gasteiger partial charge in [-0.2, -0.15) is 17.0 Å². The summed E-state index contributed by atoms with van der Waals surface area (Å²) in [4.78, 5) is 6.42. The molecule has 16 heavy (non-hydrogen) atoms. The van der Waals surface area contributed by atoms with E-state index in [9.17, 15) is 0 Å². The van der Waals surface area contributed by atoms with Crippen molar-refractivity contribution in [1.82, 2.24) is 9.88 Å². The number of hydrogen-bond donors (Lipinski definition) is 0. The second-order valence-corrected chi connectivity index (χ2v) is 5.62. The molecule has 0 aliphatic carbocycles. The van der Waals surface area contributed by atoms with E-state index in [-0.39, 0.29) is 0 Å². The fourth-order valence-corrected chi connectivity index (χ4v) is 3.01. The van der Waals surface area contributed by atoms with Crippen LogP contribution in [0.25, 0.3) is 0 Å². The zero-order valence-corrected chi connectivity index (χ0v) is 10.2. The van der Waals surface area contributed by atoms with Gasteiger partial charge in [0.15, 0.2) is 0 Å². The molecule has 1 aliphatic rings. The molecular formula is C12H15N3S. The Kier molecular flexibility index (Phi) is 3.81. The average molecular weight is 233 g/mol. The lowest BCUT2D eigenvalue weighted by Crippen LogP contribution is -2.36. The van der Waals surface area contributed by atoms with Gasteiger partial charge in [0, 0.05) is 36.8 Å². The normalized spacial score (nSPS) is 21.6. The van der Waals surface area contributed by atoms with Gasteiger partial charge in [-0.25, -0.2) is 4.98 Å². The van der Waals surface area contributed by atoms with E-state index in [1.54, 1.807) is 6.20 Å². The van der Waals surface area contributed by atoms with Gasteiger partial charge >= 0.3 is 0 Å². The maximum Gasteiger partial charge on any atom is 0.140 e. The molecule has 4 heteroatoms. The number of nitrogens with zero attached hydrogens (tertiary/aromatic N) is 3. The summed E-state index contributed by atoms with van der Waals surface area (Å²) in [5.74, 6) is 1.21. The van der Waals surface area contributed by atoms with Crippen LogP contribution in [0.15, 0.2) is 18.3 Å². The minimum atomic E-state index is 0.511. The Bertz CT molecular complexity index is 399. The summed E-state index contributed by atoms with van der Waals surface area (Å²) in [5, 5.41) is 9.49. The molecule has 0 N–H and O–H groups in total. The fraction of sp³-hybridized carbons (Fsp3) is 0.500. The summed E-state index contributed by atoms with van der Waals surface area (Å²) in [6, 6.07) is 5.95. The topological polar surface area (TPSA) is 39.9 Å². The molecule has 3 nitrogen and oxygen atoms in total. The molecule has 0 spiro atoms. The van der Waals surface area contributed by atoms with E-state index in [0.29, 0.717) is 10.9 Å². The van der Waals surface area contributed by atoms with Crippen LogP contribution >= 0.6 is 11.8 Å². The average Bonchev–Trinajstić information content (AvgIpc) is 2.29. The maximum absolute atomic E-state index is 8.78. The number of hydrogen-bond acceptors (Lipinski definition) is 4. The minimum absolute atomic E-state index is 0.511. The van der Waals surface area contributed by atoms with Gasteiger partial charge in [-0.1, -0.05) is 6.92 Å². The van der Waals surface area contributed by atoms with Crippen molar-refractivity contribution in [2.24, 2.45) is 0 Å². The summed E-state index contributed by atoms with van der Waals surface area (Å²) in [7, 11) is 0. The Hall–Kier alpha value is -1.05. The highest BCUT2D eigenvalue weighted by atomic mass is 32.2. The lowest BCUT2D eigenvalue weighted by atomic mass is 10.2. The van der Waals surface area contributed by atoms with Crippen molar-refractivity contribution in [3.8, 4) is 6.07 Å². The molecule has 1 saturated heterocycles. The van der Waals surface area contributed by atoms with Crippen molar-refractivity contribution in [2.45, 2.75) is 18.7 Å². The second-order valence-electron chi connectivity index (χ2n) is 4.08. The van der Waals surface area contributed by atoms with E-state index in [4.69, 9.17) is 5.26 Å². The van der Waals surface area contributed by atoms with E-state index < -0.39 is 0 Å². The second kappa shape index (κ2) is 5.33. The third kappa shape index (κ3) is 2.97. The van der Waals surface area contributed by atoms with Gasteiger partial charge in [0.2, 0.25) is 0 Å². The Morgan fingerprint density at radius 2 is 2.56 bits per heavy atom. The third-order valence-corrected chi connectivity index (χ3v) is 3.81. The van der Waals surface area contributed by atoms with Gasteiger partial charge in [-0.3, -0.25) is 4.90 Å². The number of aromatic nitrogens is 1. The van der Waals surface area contributed by atoms with Gasteiger partial charge < -0.3 is 0 Å². The van der Waals surface area contributed by atoms with Crippen LogP contribution in [0.2, 0.25) is 0 Å². The van der Waals surface area contributed by atoms with Gasteiger partial charge in [0.25, 0.3) is 0 Å². The maximum atomic E-state index is 8.78. The predicted molar refractivity (Wildman–Crippen MR) is 66.1 cm³/mol. The first-order chi connectivity index (χ1) is 7.78. The lowest BCUT2D eigenvalue weighted by Gasteiger charge is -2.30. The van der Waals surface area contributed by atoms with Crippen LogP contribution in [0, 0.1) is 11.3 Å². The van der Waals surface area contributed by atoms with Crippen molar-refractivity contribution in [3.05, 3.63) is 29.6 Å². The molecule has 2 heterocycles. The Morgan fingerprint density at radius 1 is 1.69 bits per heavy atom. The van der Waals surface area contributed by atoms with Crippen LogP contribution in [0.1, 0.15) is 18.2 Å². The van der Waals surface area contributed by atoms with Crippen molar-refractivity contribution in [2.75, 3.05) is 18.8 Å². The van der Waals surface area contributed by atoms with Crippen LogP contribution in [-0.4, -0.2) is 34.0 Å². The summed E-state index contributed by atoms with van der Waals surface area (Å²) in [5.41, 5.74) is 1.70. The van der Waals surface area contributed by atoms with Crippen molar-refractivity contribution >= 4 is 11.8 Å². The highest BCUT2D eigenvalue weighted by Crippen LogP contribution is 2.19. The number of thioether (sulfide) groups is 1. The third-order valence-electron chi connectivity index (χ3n) is 2.67. The van der Waals surface area contributed by atoms with Gasteiger partial charge in [-0.05, 0) is 17.7 Å². The van der Waals surface area contributed by atoms with Crippen molar-refractivity contribution in [1.29, 1.82) is 5.26 Å². The molecule has 2 rings (SSSR count). The fourth-order valence-electron chi connectivity index (χ4n) is 1.93. The molecule has 0 saturated carbocycles. The zero-order chi connectivity index (χ0) is 11.4. The van der Waals surface area contributed by atoms with Crippen LogP contribution in [0.4, 0.5) is 0 Å². The van der Waals surface area contributed by atoms with Crippen LogP contribution in [0.5, 0.6) is 0 Å². The number of nitriles is 1. The lowest BCUT2D eigenvalue weighted by molar-refractivity contribution is 0.278. The zero-order valence-electron chi connectivity index (χ0n) is 9.39. The molecule has 1 aromatic rings. The Labute approximate surface area is 100 Å². The van der Waals surface area contributed by atoms with Crippen LogP contribution in [-0.2, 0) is 6.54 Å². The minimum Gasteiger partial charge on any atom is -0.297 e. The number of rotatable bonds is 2. The summed E-state index contributed by atoms with van der Waals surface area (Å²) in [6.45, 7) is 5.47. The Balaban J connectivity index is 2.00. The molecule has 0 bridgehead atoms. The highest BCUT2D eigenvalue weighted by Gasteiger charge is 2.16. The van der Waals surface area contributed by atoms with Crippen LogP contribution < -0.4 is 0 Å². The first kappa shape index (κ1) is 11.4. The van der Waals surface area contributed by atoms with E-state index in [0.717, 1.165) is 19.6 Å². The predicted octanol–water partition coefficient (Wildman–Crippen LogP) is 1.89. The molecule has 1 fully saturated rings. The largest absolute Gasteiger partial charge is 0.297 e. The van der Waals surface area contributed by atoms with Crippen molar-refractivity contribution < 1.29 is 0 Å². The van der Waals surface area contributed by atoms with E-state index in [1.165, 1.54) is 11.3 Å². The highest BCUT2D eigenvalue weighted by molar-refractivity contribution is 7.99. The van der Waals surface area contributed by atoms with E-state index >= 15 is 0 Å². The molecular weight excluding hydrogens is 218 g/mol. The molecule has 1 atom stereocenters. The van der Waals surface area contributed by atoms with Gasteiger partial charge in [0.1, 0.15) is 11.8 Å².